The second kappa shape index (κ2) is 7.39. The van der Waals surface area contributed by atoms with E-state index < -0.39 is 0 Å². The van der Waals surface area contributed by atoms with Gasteiger partial charge in [0, 0.05) is 36.2 Å². The van der Waals surface area contributed by atoms with E-state index in [0.29, 0.717) is 12.0 Å². The molecule has 1 aromatic carbocycles. The molecule has 2 rings (SSSR count). The molecule has 1 aromatic rings. The van der Waals surface area contributed by atoms with Gasteiger partial charge < -0.3 is 4.74 Å². The Labute approximate surface area is 119 Å². The Kier molecular flexibility index (Phi) is 5.83. The smallest absolute Gasteiger partial charge is 0.0841 e. The maximum absolute atomic E-state index is 5.88. The van der Waals surface area contributed by atoms with E-state index in [1.165, 1.54) is 4.90 Å². The molecule has 1 aliphatic rings. The van der Waals surface area contributed by atoms with Crippen molar-refractivity contribution in [2.24, 2.45) is 0 Å². The van der Waals surface area contributed by atoms with Gasteiger partial charge in [0.1, 0.15) is 0 Å². The molecule has 1 fully saturated rings. The van der Waals surface area contributed by atoms with Crippen molar-refractivity contribution in [1.29, 1.82) is 0 Å². The lowest BCUT2D eigenvalue weighted by Gasteiger charge is -2.35. The largest absolute Gasteiger partial charge is 0.371 e. The van der Waals surface area contributed by atoms with E-state index in [2.05, 4.69) is 42.2 Å². The van der Waals surface area contributed by atoms with Crippen molar-refractivity contribution in [3.05, 3.63) is 30.3 Å². The molecule has 0 radical (unpaired) electrons. The first-order valence-electron chi connectivity index (χ1n) is 6.39. The van der Waals surface area contributed by atoms with Crippen LogP contribution >= 0.6 is 23.4 Å². The second-order valence-electron chi connectivity index (χ2n) is 4.64. The molecule has 0 aliphatic carbocycles. The van der Waals surface area contributed by atoms with E-state index >= 15 is 0 Å². The standard InChI is InChI=1S/C14H20ClNOS/c1-12-10-16(11-13(9-15)17-12)7-8-18-14-5-3-2-4-6-14/h2-6,12-13H,7-11H2,1H3. The Morgan fingerprint density at radius 2 is 2.11 bits per heavy atom. The molecule has 0 N–H and O–H groups in total. The van der Waals surface area contributed by atoms with Crippen molar-refractivity contribution in [3.63, 3.8) is 0 Å². The molecule has 18 heavy (non-hydrogen) atoms. The first kappa shape index (κ1) is 14.2. The zero-order valence-corrected chi connectivity index (χ0v) is 12.3. The zero-order chi connectivity index (χ0) is 12.8. The predicted molar refractivity (Wildman–Crippen MR) is 78.7 cm³/mol. The van der Waals surface area contributed by atoms with Crippen molar-refractivity contribution in [1.82, 2.24) is 4.90 Å². The highest BCUT2D eigenvalue weighted by atomic mass is 35.5. The quantitative estimate of drug-likeness (QED) is 0.609. The first-order valence-corrected chi connectivity index (χ1v) is 7.91. The zero-order valence-electron chi connectivity index (χ0n) is 10.7. The van der Waals surface area contributed by atoms with Crippen LogP contribution in [0.3, 0.4) is 0 Å². The first-order chi connectivity index (χ1) is 8.78. The van der Waals surface area contributed by atoms with Gasteiger partial charge in [0.15, 0.2) is 0 Å². The Balaban J connectivity index is 1.73. The van der Waals surface area contributed by atoms with Gasteiger partial charge in [-0.3, -0.25) is 4.90 Å². The maximum Gasteiger partial charge on any atom is 0.0841 e. The predicted octanol–water partition coefficient (Wildman–Crippen LogP) is 3.11. The molecule has 0 saturated carbocycles. The number of thioether (sulfide) groups is 1. The van der Waals surface area contributed by atoms with E-state index in [1.807, 2.05) is 11.8 Å². The lowest BCUT2D eigenvalue weighted by molar-refractivity contribution is -0.0644. The van der Waals surface area contributed by atoms with Crippen LogP contribution in [0.4, 0.5) is 0 Å². The van der Waals surface area contributed by atoms with Crippen LogP contribution < -0.4 is 0 Å². The summed E-state index contributed by atoms with van der Waals surface area (Å²) in [5.41, 5.74) is 0. The number of hydrogen-bond acceptors (Lipinski definition) is 3. The van der Waals surface area contributed by atoms with Crippen LogP contribution in [0, 0.1) is 0 Å². The molecule has 2 nitrogen and oxygen atoms in total. The Morgan fingerprint density at radius 3 is 2.83 bits per heavy atom. The van der Waals surface area contributed by atoms with Crippen LogP contribution in [0.1, 0.15) is 6.92 Å². The monoisotopic (exact) mass is 285 g/mol. The van der Waals surface area contributed by atoms with E-state index in [4.69, 9.17) is 16.3 Å². The van der Waals surface area contributed by atoms with Crippen LogP contribution in [-0.2, 0) is 4.74 Å². The number of halogens is 1. The Bertz CT molecular complexity index is 349. The van der Waals surface area contributed by atoms with E-state index in [9.17, 15) is 0 Å². The fourth-order valence-electron chi connectivity index (χ4n) is 2.22. The van der Waals surface area contributed by atoms with Crippen molar-refractivity contribution in [2.75, 3.05) is 31.3 Å². The Hall–Kier alpha value is -0.220. The van der Waals surface area contributed by atoms with Crippen LogP contribution in [0.2, 0.25) is 0 Å². The SMILES string of the molecule is CC1CN(CCSc2ccccc2)CC(CCl)O1. The summed E-state index contributed by atoms with van der Waals surface area (Å²) in [4.78, 5) is 3.80. The van der Waals surface area contributed by atoms with Gasteiger partial charge >= 0.3 is 0 Å². The van der Waals surface area contributed by atoms with E-state index in [0.717, 1.165) is 25.4 Å². The molecule has 0 amide bonds. The van der Waals surface area contributed by atoms with Gasteiger partial charge in [0.2, 0.25) is 0 Å². The molecular formula is C14H20ClNOS. The number of benzene rings is 1. The van der Waals surface area contributed by atoms with Crippen molar-refractivity contribution in [3.8, 4) is 0 Å². The molecule has 1 heterocycles. The molecule has 2 unspecified atom stereocenters. The average molecular weight is 286 g/mol. The summed E-state index contributed by atoms with van der Waals surface area (Å²) >= 11 is 7.79. The molecule has 1 saturated heterocycles. The highest BCUT2D eigenvalue weighted by Crippen LogP contribution is 2.18. The average Bonchev–Trinajstić information content (AvgIpc) is 2.39. The number of alkyl halides is 1. The van der Waals surface area contributed by atoms with Crippen LogP contribution in [0.25, 0.3) is 0 Å². The summed E-state index contributed by atoms with van der Waals surface area (Å²) in [6, 6.07) is 10.5. The van der Waals surface area contributed by atoms with E-state index in [1.54, 1.807) is 0 Å². The van der Waals surface area contributed by atoms with Gasteiger partial charge in [-0.2, -0.15) is 0 Å². The summed E-state index contributed by atoms with van der Waals surface area (Å²) < 4.78 is 5.75. The van der Waals surface area contributed by atoms with Crippen LogP contribution in [0.15, 0.2) is 35.2 Å². The number of rotatable bonds is 5. The highest BCUT2D eigenvalue weighted by Gasteiger charge is 2.23. The fourth-order valence-corrected chi connectivity index (χ4v) is 3.32. The minimum atomic E-state index is 0.192. The molecule has 0 aromatic heterocycles. The van der Waals surface area contributed by atoms with Crippen molar-refractivity contribution in [2.45, 2.75) is 24.0 Å². The summed E-state index contributed by atoms with van der Waals surface area (Å²) in [5, 5.41) is 0. The fraction of sp³-hybridized carbons (Fsp3) is 0.571. The van der Waals surface area contributed by atoms with Crippen molar-refractivity contribution >= 4 is 23.4 Å². The lowest BCUT2D eigenvalue weighted by atomic mass is 10.2. The second-order valence-corrected chi connectivity index (χ2v) is 6.12. The molecule has 4 heteroatoms. The van der Waals surface area contributed by atoms with Gasteiger partial charge in [0.25, 0.3) is 0 Å². The normalized spacial score (nSPS) is 25.2. The topological polar surface area (TPSA) is 12.5 Å². The van der Waals surface area contributed by atoms with Gasteiger partial charge in [-0.1, -0.05) is 18.2 Å². The molecule has 0 bridgehead atoms. The summed E-state index contributed by atoms with van der Waals surface area (Å²) in [6.45, 7) is 5.20. The number of ether oxygens (including phenoxy) is 1. The molecule has 2 atom stereocenters. The summed E-state index contributed by atoms with van der Waals surface area (Å²) in [5.74, 6) is 1.71. The van der Waals surface area contributed by atoms with Gasteiger partial charge in [0.05, 0.1) is 12.2 Å². The van der Waals surface area contributed by atoms with Crippen LogP contribution in [0.5, 0.6) is 0 Å². The van der Waals surface area contributed by atoms with Gasteiger partial charge in [-0.25, -0.2) is 0 Å². The molecule has 1 aliphatic heterocycles. The lowest BCUT2D eigenvalue weighted by Crippen LogP contribution is -2.47. The number of nitrogens with zero attached hydrogens (tertiary/aromatic N) is 1. The third-order valence-electron chi connectivity index (χ3n) is 2.99. The third-order valence-corrected chi connectivity index (χ3v) is 4.33. The maximum atomic E-state index is 5.88. The van der Waals surface area contributed by atoms with E-state index in [-0.39, 0.29) is 6.10 Å². The summed E-state index contributed by atoms with van der Waals surface area (Å²) in [7, 11) is 0. The van der Waals surface area contributed by atoms with Gasteiger partial charge in [-0.15, -0.1) is 23.4 Å². The minimum absolute atomic E-state index is 0.192. The minimum Gasteiger partial charge on any atom is -0.371 e. The summed E-state index contributed by atoms with van der Waals surface area (Å²) in [6.07, 6.45) is 0.487. The van der Waals surface area contributed by atoms with Crippen molar-refractivity contribution < 1.29 is 4.74 Å². The molecular weight excluding hydrogens is 266 g/mol. The third kappa shape index (κ3) is 4.47. The molecule has 0 spiro atoms. The number of morpholine rings is 1. The number of hydrogen-bond donors (Lipinski definition) is 0. The Morgan fingerprint density at radius 1 is 1.33 bits per heavy atom. The highest BCUT2D eigenvalue weighted by molar-refractivity contribution is 7.99. The van der Waals surface area contributed by atoms with Gasteiger partial charge in [-0.05, 0) is 19.1 Å². The van der Waals surface area contributed by atoms with Crippen LogP contribution in [-0.4, -0.2) is 48.4 Å². The molecule has 100 valence electrons.